The van der Waals surface area contributed by atoms with Gasteiger partial charge in [0, 0.05) is 37.1 Å². The number of piperidine rings is 1. The third kappa shape index (κ3) is 3.78. The Hall–Kier alpha value is -2.49. The summed E-state index contributed by atoms with van der Waals surface area (Å²) in [6.45, 7) is 3.00. The average molecular weight is 335 g/mol. The van der Waals surface area contributed by atoms with Crippen molar-refractivity contribution in [3.63, 3.8) is 0 Å². The number of hydrogen-bond donors (Lipinski definition) is 2. The van der Waals surface area contributed by atoms with E-state index in [1.54, 1.807) is 0 Å². The first-order chi connectivity index (χ1) is 12.3. The molecule has 4 heteroatoms. The number of carbonyl (C=O) groups excluding carboxylic acids is 1. The monoisotopic (exact) mass is 335 g/mol. The second-order valence-electron chi connectivity index (χ2n) is 7.03. The molecule has 2 N–H and O–H groups in total. The van der Waals surface area contributed by atoms with E-state index in [4.69, 9.17) is 0 Å². The van der Waals surface area contributed by atoms with Crippen LogP contribution in [-0.2, 0) is 17.6 Å². The van der Waals surface area contributed by atoms with Gasteiger partial charge in [-0.05, 0) is 48.6 Å². The van der Waals surface area contributed by atoms with Crippen molar-refractivity contribution in [2.75, 3.05) is 29.9 Å². The molecule has 1 saturated heterocycles. The number of carbonyl (C=O) groups is 1. The number of hydrogen-bond acceptors (Lipinski definition) is 3. The summed E-state index contributed by atoms with van der Waals surface area (Å²) in [7, 11) is 0. The highest BCUT2D eigenvalue weighted by atomic mass is 16.1. The number of anilines is 2. The molecule has 2 aliphatic heterocycles. The molecule has 4 nitrogen and oxygen atoms in total. The highest BCUT2D eigenvalue weighted by molar-refractivity contribution is 5.79. The zero-order valence-corrected chi connectivity index (χ0v) is 14.5. The quantitative estimate of drug-likeness (QED) is 0.903. The molecular formula is C21H25N3O. The van der Waals surface area contributed by atoms with E-state index in [1.165, 1.54) is 16.9 Å². The molecule has 2 heterocycles. The first kappa shape index (κ1) is 16.0. The lowest BCUT2D eigenvalue weighted by molar-refractivity contribution is -0.121. The molecule has 25 heavy (non-hydrogen) atoms. The van der Waals surface area contributed by atoms with E-state index in [0.29, 0.717) is 6.42 Å². The summed E-state index contributed by atoms with van der Waals surface area (Å²) >= 11 is 0. The Balaban J connectivity index is 1.37. The Bertz CT molecular complexity index is 744. The lowest BCUT2D eigenvalue weighted by Crippen LogP contribution is -2.48. The van der Waals surface area contributed by atoms with Crippen LogP contribution in [-0.4, -0.2) is 31.6 Å². The number of rotatable bonds is 4. The Morgan fingerprint density at radius 1 is 1.20 bits per heavy atom. The third-order valence-corrected chi connectivity index (χ3v) is 5.16. The van der Waals surface area contributed by atoms with Crippen LogP contribution in [0.1, 0.15) is 24.0 Å². The number of nitrogens with one attached hydrogen (secondary N) is 2. The summed E-state index contributed by atoms with van der Waals surface area (Å²) in [6.07, 6.45) is 3.74. The zero-order chi connectivity index (χ0) is 17.1. The predicted octanol–water partition coefficient (Wildman–Crippen LogP) is 2.98. The normalized spacial score (nSPS) is 19.2. The maximum atomic E-state index is 12.3. The first-order valence-electron chi connectivity index (χ1n) is 9.23. The fourth-order valence-corrected chi connectivity index (χ4v) is 3.88. The van der Waals surface area contributed by atoms with Crippen molar-refractivity contribution in [2.45, 2.75) is 31.7 Å². The summed E-state index contributed by atoms with van der Waals surface area (Å²) in [5.41, 5.74) is 5.03. The maximum Gasteiger partial charge on any atom is 0.224 e. The maximum absolute atomic E-state index is 12.3. The molecule has 2 aliphatic rings. The van der Waals surface area contributed by atoms with Crippen LogP contribution in [0.3, 0.4) is 0 Å². The van der Waals surface area contributed by atoms with E-state index in [-0.39, 0.29) is 11.9 Å². The smallest absolute Gasteiger partial charge is 0.224 e. The number of nitrogens with zero attached hydrogens (tertiary/aromatic N) is 1. The van der Waals surface area contributed by atoms with Crippen molar-refractivity contribution in [2.24, 2.45) is 0 Å². The van der Waals surface area contributed by atoms with Gasteiger partial charge in [-0.25, -0.2) is 0 Å². The Kier molecular flexibility index (Phi) is 4.59. The molecule has 1 atom stereocenters. The topological polar surface area (TPSA) is 44.4 Å². The van der Waals surface area contributed by atoms with Gasteiger partial charge in [0.25, 0.3) is 0 Å². The van der Waals surface area contributed by atoms with Gasteiger partial charge in [0.15, 0.2) is 0 Å². The standard InChI is InChI=1S/C21H25N3O/c25-21(13-16-5-2-1-3-6-16)23-18-7-4-12-24(15-18)19-8-9-20-17(14-19)10-11-22-20/h1-3,5-6,8-9,14,18,22H,4,7,10-13,15H2,(H,23,25). The molecule has 2 aromatic carbocycles. The van der Waals surface area contributed by atoms with Gasteiger partial charge in [-0.15, -0.1) is 0 Å². The van der Waals surface area contributed by atoms with E-state index in [1.807, 2.05) is 30.3 Å². The van der Waals surface area contributed by atoms with E-state index < -0.39 is 0 Å². The summed E-state index contributed by atoms with van der Waals surface area (Å²) in [5, 5.41) is 6.64. The van der Waals surface area contributed by atoms with Crippen molar-refractivity contribution >= 4 is 17.3 Å². The van der Waals surface area contributed by atoms with E-state index in [9.17, 15) is 4.79 Å². The van der Waals surface area contributed by atoms with Crippen molar-refractivity contribution in [3.8, 4) is 0 Å². The Morgan fingerprint density at radius 3 is 2.96 bits per heavy atom. The van der Waals surface area contributed by atoms with Gasteiger partial charge in [0.2, 0.25) is 5.91 Å². The SMILES string of the molecule is O=C(Cc1ccccc1)NC1CCCN(c2ccc3c(c2)CCN3)C1. The van der Waals surface area contributed by atoms with Gasteiger partial charge in [-0.1, -0.05) is 30.3 Å². The summed E-state index contributed by atoms with van der Waals surface area (Å²) < 4.78 is 0. The van der Waals surface area contributed by atoms with E-state index in [0.717, 1.165) is 44.5 Å². The van der Waals surface area contributed by atoms with Crippen LogP contribution in [0.25, 0.3) is 0 Å². The number of amides is 1. The summed E-state index contributed by atoms with van der Waals surface area (Å²) in [5.74, 6) is 0.121. The minimum atomic E-state index is 0.121. The molecule has 1 fully saturated rings. The van der Waals surface area contributed by atoms with Gasteiger partial charge in [-0.3, -0.25) is 4.79 Å². The molecule has 0 aliphatic carbocycles. The zero-order valence-electron chi connectivity index (χ0n) is 14.5. The predicted molar refractivity (Wildman–Crippen MR) is 102 cm³/mol. The molecule has 0 saturated carbocycles. The third-order valence-electron chi connectivity index (χ3n) is 5.16. The molecule has 0 aromatic heterocycles. The highest BCUT2D eigenvalue weighted by Crippen LogP contribution is 2.28. The highest BCUT2D eigenvalue weighted by Gasteiger charge is 2.22. The van der Waals surface area contributed by atoms with Gasteiger partial charge >= 0.3 is 0 Å². The molecule has 0 spiro atoms. The van der Waals surface area contributed by atoms with Gasteiger partial charge < -0.3 is 15.5 Å². The summed E-state index contributed by atoms with van der Waals surface area (Å²) in [4.78, 5) is 14.8. The second kappa shape index (κ2) is 7.18. The van der Waals surface area contributed by atoms with E-state index in [2.05, 4.69) is 33.7 Å². The van der Waals surface area contributed by atoms with Crippen molar-refractivity contribution in [3.05, 3.63) is 59.7 Å². The van der Waals surface area contributed by atoms with E-state index >= 15 is 0 Å². The average Bonchev–Trinajstić information content (AvgIpc) is 3.10. The first-order valence-corrected chi connectivity index (χ1v) is 9.23. The van der Waals surface area contributed by atoms with Crippen LogP contribution in [0.2, 0.25) is 0 Å². The second-order valence-corrected chi connectivity index (χ2v) is 7.03. The minimum absolute atomic E-state index is 0.121. The Morgan fingerprint density at radius 2 is 2.08 bits per heavy atom. The molecule has 0 radical (unpaired) electrons. The van der Waals surface area contributed by atoms with Crippen LogP contribution in [0.5, 0.6) is 0 Å². The molecule has 1 unspecified atom stereocenters. The fourth-order valence-electron chi connectivity index (χ4n) is 3.88. The largest absolute Gasteiger partial charge is 0.384 e. The van der Waals surface area contributed by atoms with Crippen molar-refractivity contribution in [1.82, 2.24) is 5.32 Å². The molecule has 4 rings (SSSR count). The van der Waals surface area contributed by atoms with Gasteiger partial charge in [0.1, 0.15) is 0 Å². The van der Waals surface area contributed by atoms with Crippen molar-refractivity contribution in [1.29, 1.82) is 0 Å². The molecule has 2 aromatic rings. The molecule has 0 bridgehead atoms. The minimum Gasteiger partial charge on any atom is -0.384 e. The van der Waals surface area contributed by atoms with Crippen LogP contribution < -0.4 is 15.5 Å². The van der Waals surface area contributed by atoms with Crippen LogP contribution in [0, 0.1) is 0 Å². The van der Waals surface area contributed by atoms with Crippen molar-refractivity contribution < 1.29 is 4.79 Å². The molecule has 130 valence electrons. The molecular weight excluding hydrogens is 310 g/mol. The van der Waals surface area contributed by atoms with Crippen LogP contribution in [0.15, 0.2) is 48.5 Å². The lowest BCUT2D eigenvalue weighted by atomic mass is 10.0. The van der Waals surface area contributed by atoms with Crippen LogP contribution >= 0.6 is 0 Å². The number of fused-ring (bicyclic) bond motifs is 1. The summed E-state index contributed by atoms with van der Waals surface area (Å²) in [6, 6.07) is 16.9. The van der Waals surface area contributed by atoms with Gasteiger partial charge in [-0.2, -0.15) is 0 Å². The fraction of sp³-hybridized carbons (Fsp3) is 0.381. The number of benzene rings is 2. The van der Waals surface area contributed by atoms with Gasteiger partial charge in [0.05, 0.1) is 6.42 Å². The molecule has 1 amide bonds. The van der Waals surface area contributed by atoms with Crippen LogP contribution in [0.4, 0.5) is 11.4 Å². The lowest BCUT2D eigenvalue weighted by Gasteiger charge is -2.35. The Labute approximate surface area is 149 Å².